The highest BCUT2D eigenvalue weighted by Crippen LogP contribution is 2.32. The molecule has 0 aliphatic carbocycles. The minimum atomic E-state index is -0.196. The van der Waals surface area contributed by atoms with Crippen molar-refractivity contribution in [3.05, 3.63) is 77.6 Å². The highest BCUT2D eigenvalue weighted by atomic mass is 16.5. The number of methoxy groups -OCH3 is 1. The minimum Gasteiger partial charge on any atom is -0.496 e. The molecule has 1 saturated heterocycles. The summed E-state index contributed by atoms with van der Waals surface area (Å²) in [6.45, 7) is 1.89. The molecule has 2 aromatic carbocycles. The van der Waals surface area contributed by atoms with Gasteiger partial charge in [-0.1, -0.05) is 18.6 Å². The van der Waals surface area contributed by atoms with Crippen molar-refractivity contribution in [1.82, 2.24) is 10.3 Å². The number of nitriles is 1. The third-order valence-corrected chi connectivity index (χ3v) is 5.81. The lowest BCUT2D eigenvalue weighted by Gasteiger charge is -2.18. The number of ether oxygens (including phenoxy) is 1. The number of anilines is 1. The van der Waals surface area contributed by atoms with Gasteiger partial charge < -0.3 is 15.4 Å². The second-order valence-electron chi connectivity index (χ2n) is 7.89. The van der Waals surface area contributed by atoms with Crippen LogP contribution < -0.4 is 15.4 Å². The summed E-state index contributed by atoms with van der Waals surface area (Å²) in [5.74, 6) is 0.746. The first kappa shape index (κ1) is 21.5. The van der Waals surface area contributed by atoms with Gasteiger partial charge in [-0.3, -0.25) is 9.78 Å². The molecule has 1 amide bonds. The van der Waals surface area contributed by atoms with E-state index in [2.05, 4.69) is 21.7 Å². The molecule has 0 radical (unpaired) electrons. The molecule has 162 valence electrons. The van der Waals surface area contributed by atoms with Gasteiger partial charge in [-0.25, -0.2) is 0 Å². The molecule has 1 aromatic heterocycles. The molecular weight excluding hydrogens is 400 g/mol. The predicted molar refractivity (Wildman–Crippen MR) is 125 cm³/mol. The Hall–Kier alpha value is -3.69. The molecule has 2 N–H and O–H groups in total. The number of nitrogens with one attached hydrogen (secondary N) is 2. The number of nitrogens with zero attached hydrogens (tertiary/aromatic N) is 2. The van der Waals surface area contributed by atoms with Crippen molar-refractivity contribution in [2.24, 2.45) is 0 Å². The Morgan fingerprint density at radius 1 is 1.19 bits per heavy atom. The van der Waals surface area contributed by atoms with E-state index in [0.29, 0.717) is 16.9 Å². The number of pyridine rings is 1. The van der Waals surface area contributed by atoms with Gasteiger partial charge >= 0.3 is 0 Å². The fourth-order valence-electron chi connectivity index (χ4n) is 4.09. The van der Waals surface area contributed by atoms with Crippen LogP contribution in [0.25, 0.3) is 11.1 Å². The van der Waals surface area contributed by atoms with E-state index in [4.69, 9.17) is 10.00 Å². The minimum absolute atomic E-state index is 0.196. The first-order chi connectivity index (χ1) is 15.7. The van der Waals surface area contributed by atoms with Gasteiger partial charge in [0.05, 0.1) is 30.1 Å². The normalized spacial score (nSPS) is 15.9. The quantitative estimate of drug-likeness (QED) is 0.615. The van der Waals surface area contributed by atoms with Crippen LogP contribution in [0.5, 0.6) is 5.75 Å². The third-order valence-electron chi connectivity index (χ3n) is 5.81. The van der Waals surface area contributed by atoms with Crippen LogP contribution in [0.15, 0.2) is 60.8 Å². The Bertz CT molecular complexity index is 1130. The molecule has 1 atom stereocenters. The molecule has 32 heavy (non-hydrogen) atoms. The second-order valence-corrected chi connectivity index (χ2v) is 7.89. The standard InChI is InChI=1S/C26H26N4O2/c1-32-24-12-11-20(15-22(24)19-9-7-18(16-27)8-10-19)26(31)30-23-6-4-14-29-25(23)21-5-2-3-13-28-17-21/h4,6-12,14-15,21,28H,2-3,5,13,17H2,1H3,(H,30,31). The first-order valence-corrected chi connectivity index (χ1v) is 10.8. The van der Waals surface area contributed by atoms with Gasteiger partial charge in [0.2, 0.25) is 0 Å². The molecule has 0 saturated carbocycles. The lowest BCUT2D eigenvalue weighted by molar-refractivity contribution is 0.102. The number of rotatable bonds is 5. The Labute approximate surface area is 188 Å². The van der Waals surface area contributed by atoms with E-state index in [9.17, 15) is 4.79 Å². The van der Waals surface area contributed by atoms with Crippen LogP contribution in [0, 0.1) is 11.3 Å². The summed E-state index contributed by atoms with van der Waals surface area (Å²) in [7, 11) is 1.60. The molecule has 1 aliphatic heterocycles. The van der Waals surface area contributed by atoms with Crippen molar-refractivity contribution in [3.63, 3.8) is 0 Å². The van der Waals surface area contributed by atoms with Gasteiger partial charge in [0, 0.05) is 29.8 Å². The van der Waals surface area contributed by atoms with Gasteiger partial charge in [0.1, 0.15) is 5.75 Å². The SMILES string of the molecule is COc1ccc(C(=O)Nc2cccnc2C2CCCCNC2)cc1-c1ccc(C#N)cc1. The highest BCUT2D eigenvalue weighted by molar-refractivity contribution is 6.05. The van der Waals surface area contributed by atoms with Crippen molar-refractivity contribution >= 4 is 11.6 Å². The number of hydrogen-bond donors (Lipinski definition) is 2. The van der Waals surface area contributed by atoms with Gasteiger partial charge in [-0.05, 0) is 67.4 Å². The summed E-state index contributed by atoms with van der Waals surface area (Å²) in [6, 6.07) is 18.5. The molecule has 4 rings (SSSR count). The molecule has 6 heteroatoms. The summed E-state index contributed by atoms with van der Waals surface area (Å²) >= 11 is 0. The Morgan fingerprint density at radius 3 is 2.81 bits per heavy atom. The summed E-state index contributed by atoms with van der Waals surface area (Å²) in [5.41, 5.74) is 4.46. The molecule has 3 aromatic rings. The lowest BCUT2D eigenvalue weighted by Crippen LogP contribution is -2.22. The largest absolute Gasteiger partial charge is 0.496 e. The van der Waals surface area contributed by atoms with Crippen LogP contribution in [-0.4, -0.2) is 31.1 Å². The van der Waals surface area contributed by atoms with E-state index < -0.39 is 0 Å². The van der Waals surface area contributed by atoms with Crippen molar-refractivity contribution in [3.8, 4) is 22.9 Å². The number of amides is 1. The molecular formula is C26H26N4O2. The Balaban J connectivity index is 1.61. The molecule has 6 nitrogen and oxygen atoms in total. The van der Waals surface area contributed by atoms with Crippen LogP contribution in [0.4, 0.5) is 5.69 Å². The van der Waals surface area contributed by atoms with Gasteiger partial charge in [-0.2, -0.15) is 5.26 Å². The number of benzene rings is 2. The Kier molecular flexibility index (Phi) is 6.78. The monoisotopic (exact) mass is 426 g/mol. The smallest absolute Gasteiger partial charge is 0.255 e. The highest BCUT2D eigenvalue weighted by Gasteiger charge is 2.20. The van der Waals surface area contributed by atoms with Crippen LogP contribution in [0.1, 0.15) is 46.8 Å². The summed E-state index contributed by atoms with van der Waals surface area (Å²) in [6.07, 6.45) is 5.15. The number of aromatic nitrogens is 1. The van der Waals surface area contributed by atoms with E-state index >= 15 is 0 Å². The summed E-state index contributed by atoms with van der Waals surface area (Å²) in [4.78, 5) is 17.8. The van der Waals surface area contributed by atoms with Gasteiger partial charge in [0.25, 0.3) is 5.91 Å². The van der Waals surface area contributed by atoms with E-state index in [-0.39, 0.29) is 11.8 Å². The summed E-state index contributed by atoms with van der Waals surface area (Å²) in [5, 5.41) is 15.6. The van der Waals surface area contributed by atoms with Crippen LogP contribution in [0.3, 0.4) is 0 Å². The number of hydrogen-bond acceptors (Lipinski definition) is 5. The van der Waals surface area contributed by atoms with Crippen molar-refractivity contribution in [1.29, 1.82) is 5.26 Å². The van der Waals surface area contributed by atoms with E-state index in [1.807, 2.05) is 30.3 Å². The van der Waals surface area contributed by atoms with Gasteiger partial charge in [-0.15, -0.1) is 0 Å². The number of carbonyl (C=O) groups is 1. The van der Waals surface area contributed by atoms with E-state index in [1.54, 1.807) is 37.6 Å². The van der Waals surface area contributed by atoms with E-state index in [0.717, 1.165) is 54.9 Å². The average molecular weight is 427 g/mol. The number of carbonyl (C=O) groups excluding carboxylic acids is 1. The summed E-state index contributed by atoms with van der Waals surface area (Å²) < 4.78 is 5.51. The van der Waals surface area contributed by atoms with Crippen LogP contribution in [0.2, 0.25) is 0 Å². The maximum Gasteiger partial charge on any atom is 0.255 e. The van der Waals surface area contributed by atoms with Gasteiger partial charge in [0.15, 0.2) is 0 Å². The van der Waals surface area contributed by atoms with Crippen molar-refractivity contribution in [2.75, 3.05) is 25.5 Å². The zero-order valence-electron chi connectivity index (χ0n) is 18.1. The van der Waals surface area contributed by atoms with E-state index in [1.165, 1.54) is 0 Å². The first-order valence-electron chi connectivity index (χ1n) is 10.8. The average Bonchev–Trinajstić information content (AvgIpc) is 3.13. The maximum absolute atomic E-state index is 13.2. The molecule has 2 heterocycles. The van der Waals surface area contributed by atoms with Crippen LogP contribution >= 0.6 is 0 Å². The molecule has 0 spiro atoms. The van der Waals surface area contributed by atoms with Crippen molar-refractivity contribution < 1.29 is 9.53 Å². The fraction of sp³-hybridized carbons (Fsp3) is 0.269. The second kappa shape index (κ2) is 10.1. The lowest BCUT2D eigenvalue weighted by atomic mass is 9.97. The topological polar surface area (TPSA) is 87.0 Å². The zero-order valence-corrected chi connectivity index (χ0v) is 18.1. The third kappa shape index (κ3) is 4.79. The molecule has 0 bridgehead atoms. The van der Waals surface area contributed by atoms with Crippen molar-refractivity contribution in [2.45, 2.75) is 25.2 Å². The Morgan fingerprint density at radius 2 is 2.03 bits per heavy atom. The zero-order chi connectivity index (χ0) is 22.3. The maximum atomic E-state index is 13.2. The fourth-order valence-corrected chi connectivity index (χ4v) is 4.09. The predicted octanol–water partition coefficient (Wildman–Crippen LogP) is 4.74. The van der Waals surface area contributed by atoms with Crippen LogP contribution in [-0.2, 0) is 0 Å². The molecule has 1 aliphatic rings. The molecule has 1 fully saturated rings. The molecule has 1 unspecified atom stereocenters.